The van der Waals surface area contributed by atoms with E-state index in [0.29, 0.717) is 0 Å². The van der Waals surface area contributed by atoms with Crippen molar-refractivity contribution in [2.45, 2.75) is 26.8 Å². The van der Waals surface area contributed by atoms with Crippen molar-refractivity contribution in [3.05, 3.63) is 17.8 Å². The molecule has 15 heavy (non-hydrogen) atoms. The van der Waals surface area contributed by atoms with Crippen LogP contribution in [-0.4, -0.2) is 24.7 Å². The quantitative estimate of drug-likeness (QED) is 0.821. The highest BCUT2D eigenvalue weighted by Crippen LogP contribution is 2.26. The maximum atomic E-state index is 5.46. The minimum atomic E-state index is 0.163. The van der Waals surface area contributed by atoms with Crippen LogP contribution in [0.1, 0.15) is 31.5 Å². The Morgan fingerprint density at radius 1 is 1.60 bits per heavy atom. The van der Waals surface area contributed by atoms with Gasteiger partial charge in [-0.1, -0.05) is 6.92 Å². The van der Waals surface area contributed by atoms with Crippen LogP contribution in [0.4, 0.5) is 0 Å². The van der Waals surface area contributed by atoms with Crippen LogP contribution in [0.5, 0.6) is 0 Å². The van der Waals surface area contributed by atoms with E-state index in [1.54, 1.807) is 6.20 Å². The van der Waals surface area contributed by atoms with E-state index in [1.807, 2.05) is 6.92 Å². The van der Waals surface area contributed by atoms with Crippen molar-refractivity contribution in [2.24, 2.45) is 5.41 Å². The second-order valence-electron chi connectivity index (χ2n) is 4.72. The van der Waals surface area contributed by atoms with Crippen molar-refractivity contribution in [2.75, 3.05) is 19.8 Å². The van der Waals surface area contributed by atoms with Crippen LogP contribution in [0.2, 0.25) is 0 Å². The molecule has 0 aromatic carbocycles. The Balaban J connectivity index is 1.84. The standard InChI is InChI=1S/C11H18N2O2/c1-8-4-12-10(15-8)9(2)13-5-11(3)6-14-7-11/h4,9,13H,5-7H2,1-3H3. The zero-order valence-electron chi connectivity index (χ0n) is 9.54. The number of aromatic nitrogens is 1. The molecule has 0 spiro atoms. The van der Waals surface area contributed by atoms with Gasteiger partial charge in [0.25, 0.3) is 0 Å². The van der Waals surface area contributed by atoms with Gasteiger partial charge in [-0.05, 0) is 13.8 Å². The summed E-state index contributed by atoms with van der Waals surface area (Å²) in [6.45, 7) is 8.82. The molecular formula is C11H18N2O2. The van der Waals surface area contributed by atoms with Crippen molar-refractivity contribution in [3.63, 3.8) is 0 Å². The molecule has 0 amide bonds. The van der Waals surface area contributed by atoms with Crippen LogP contribution in [0.3, 0.4) is 0 Å². The lowest BCUT2D eigenvalue weighted by Gasteiger charge is -2.38. The Labute approximate surface area is 90.0 Å². The van der Waals surface area contributed by atoms with E-state index in [-0.39, 0.29) is 11.5 Å². The van der Waals surface area contributed by atoms with E-state index >= 15 is 0 Å². The Bertz CT molecular complexity index is 331. The molecule has 2 heterocycles. The number of hydrogen-bond donors (Lipinski definition) is 1. The van der Waals surface area contributed by atoms with E-state index in [1.165, 1.54) is 0 Å². The van der Waals surface area contributed by atoms with Gasteiger partial charge in [0, 0.05) is 12.0 Å². The lowest BCUT2D eigenvalue weighted by Crippen LogP contribution is -2.47. The van der Waals surface area contributed by atoms with Crippen LogP contribution in [-0.2, 0) is 4.74 Å². The van der Waals surface area contributed by atoms with E-state index in [4.69, 9.17) is 9.15 Å². The minimum Gasteiger partial charge on any atom is -0.444 e. The zero-order chi connectivity index (χ0) is 10.9. The predicted octanol–water partition coefficient (Wildman–Crippen LogP) is 1.67. The average Bonchev–Trinajstić information content (AvgIpc) is 2.58. The first-order valence-electron chi connectivity index (χ1n) is 5.32. The van der Waals surface area contributed by atoms with Gasteiger partial charge in [-0.15, -0.1) is 0 Å². The van der Waals surface area contributed by atoms with Gasteiger partial charge in [0.05, 0.1) is 25.5 Å². The van der Waals surface area contributed by atoms with Crippen LogP contribution < -0.4 is 5.32 Å². The van der Waals surface area contributed by atoms with Gasteiger partial charge in [0.15, 0.2) is 0 Å². The fraction of sp³-hybridized carbons (Fsp3) is 0.727. The largest absolute Gasteiger partial charge is 0.444 e. The highest BCUT2D eigenvalue weighted by atomic mass is 16.5. The Morgan fingerprint density at radius 2 is 2.33 bits per heavy atom. The fourth-order valence-electron chi connectivity index (χ4n) is 1.61. The molecule has 1 fully saturated rings. The SMILES string of the molecule is Cc1cnc(C(C)NCC2(C)COC2)o1. The van der Waals surface area contributed by atoms with Crippen LogP contribution in [0, 0.1) is 12.3 Å². The highest BCUT2D eigenvalue weighted by molar-refractivity contribution is 4.96. The number of nitrogens with zero attached hydrogens (tertiary/aromatic N) is 1. The smallest absolute Gasteiger partial charge is 0.211 e. The molecule has 2 rings (SSSR count). The topological polar surface area (TPSA) is 47.3 Å². The zero-order valence-corrected chi connectivity index (χ0v) is 9.54. The Hall–Kier alpha value is -0.870. The number of aryl methyl sites for hydroxylation is 1. The second kappa shape index (κ2) is 3.94. The summed E-state index contributed by atoms with van der Waals surface area (Å²) in [6.07, 6.45) is 1.75. The predicted molar refractivity (Wildman–Crippen MR) is 56.6 cm³/mol. The summed E-state index contributed by atoms with van der Waals surface area (Å²) < 4.78 is 10.7. The van der Waals surface area contributed by atoms with Crippen molar-refractivity contribution < 1.29 is 9.15 Å². The minimum absolute atomic E-state index is 0.163. The van der Waals surface area contributed by atoms with Crippen molar-refractivity contribution in [1.29, 1.82) is 0 Å². The Morgan fingerprint density at radius 3 is 2.80 bits per heavy atom. The summed E-state index contributed by atoms with van der Waals surface area (Å²) >= 11 is 0. The van der Waals surface area contributed by atoms with Gasteiger partial charge < -0.3 is 14.5 Å². The molecular weight excluding hydrogens is 192 g/mol. The summed E-state index contributed by atoms with van der Waals surface area (Å²) in [6, 6.07) is 0.163. The third-order valence-electron chi connectivity index (χ3n) is 2.75. The molecule has 1 aliphatic heterocycles. The molecule has 1 aliphatic rings. The molecule has 84 valence electrons. The number of rotatable bonds is 4. The van der Waals surface area contributed by atoms with E-state index in [9.17, 15) is 0 Å². The van der Waals surface area contributed by atoms with Crippen LogP contribution in [0.25, 0.3) is 0 Å². The van der Waals surface area contributed by atoms with Gasteiger partial charge in [-0.2, -0.15) is 0 Å². The molecule has 1 N–H and O–H groups in total. The van der Waals surface area contributed by atoms with E-state index in [2.05, 4.69) is 24.1 Å². The first kappa shape index (κ1) is 10.6. The molecule has 4 nitrogen and oxygen atoms in total. The third kappa shape index (κ3) is 2.38. The summed E-state index contributed by atoms with van der Waals surface area (Å²) in [4.78, 5) is 4.20. The molecule has 4 heteroatoms. The highest BCUT2D eigenvalue weighted by Gasteiger charge is 2.33. The molecule has 0 bridgehead atoms. The number of hydrogen-bond acceptors (Lipinski definition) is 4. The molecule has 0 radical (unpaired) electrons. The van der Waals surface area contributed by atoms with Crippen LogP contribution >= 0.6 is 0 Å². The van der Waals surface area contributed by atoms with Crippen molar-refractivity contribution in [1.82, 2.24) is 10.3 Å². The van der Waals surface area contributed by atoms with Gasteiger partial charge in [-0.25, -0.2) is 4.98 Å². The first-order chi connectivity index (χ1) is 7.09. The maximum absolute atomic E-state index is 5.46. The van der Waals surface area contributed by atoms with Gasteiger partial charge in [0.2, 0.25) is 5.89 Å². The lowest BCUT2D eigenvalue weighted by molar-refractivity contribution is -0.100. The Kier molecular flexibility index (Phi) is 2.80. The third-order valence-corrected chi connectivity index (χ3v) is 2.75. The van der Waals surface area contributed by atoms with Gasteiger partial charge >= 0.3 is 0 Å². The number of oxazole rings is 1. The summed E-state index contributed by atoms with van der Waals surface area (Å²) in [5, 5.41) is 3.42. The van der Waals surface area contributed by atoms with Crippen LogP contribution in [0.15, 0.2) is 10.6 Å². The molecule has 0 aliphatic carbocycles. The molecule has 0 saturated carbocycles. The normalized spacial score (nSPS) is 21.0. The molecule has 1 aromatic rings. The molecule has 1 aromatic heterocycles. The van der Waals surface area contributed by atoms with Crippen molar-refractivity contribution >= 4 is 0 Å². The van der Waals surface area contributed by atoms with E-state index in [0.717, 1.165) is 31.4 Å². The van der Waals surface area contributed by atoms with E-state index < -0.39 is 0 Å². The monoisotopic (exact) mass is 210 g/mol. The van der Waals surface area contributed by atoms with Gasteiger partial charge in [-0.3, -0.25) is 0 Å². The summed E-state index contributed by atoms with van der Waals surface area (Å²) in [5.41, 5.74) is 0.288. The second-order valence-corrected chi connectivity index (χ2v) is 4.72. The van der Waals surface area contributed by atoms with Crippen molar-refractivity contribution in [3.8, 4) is 0 Å². The van der Waals surface area contributed by atoms with Gasteiger partial charge in [0.1, 0.15) is 5.76 Å². The molecule has 1 atom stereocenters. The summed E-state index contributed by atoms with van der Waals surface area (Å²) in [5.74, 6) is 1.62. The first-order valence-corrected chi connectivity index (χ1v) is 5.32. The molecule has 1 unspecified atom stereocenters. The average molecular weight is 210 g/mol. The lowest BCUT2D eigenvalue weighted by atomic mass is 9.88. The number of nitrogens with one attached hydrogen (secondary N) is 1. The number of ether oxygens (including phenoxy) is 1. The maximum Gasteiger partial charge on any atom is 0.211 e. The fourth-order valence-corrected chi connectivity index (χ4v) is 1.61. The summed E-state index contributed by atoms with van der Waals surface area (Å²) in [7, 11) is 0. The molecule has 1 saturated heterocycles.